The first kappa shape index (κ1) is 9.85. The summed E-state index contributed by atoms with van der Waals surface area (Å²) >= 11 is 0. The van der Waals surface area contributed by atoms with E-state index in [4.69, 9.17) is 25.5 Å². The lowest BCUT2D eigenvalue weighted by molar-refractivity contribution is -0.286. The molecule has 0 aliphatic carbocycles. The highest BCUT2D eigenvalue weighted by atomic mass is 16.6. The maximum atomic E-state index is 9.12. The van der Waals surface area contributed by atoms with Crippen molar-refractivity contribution < 1.29 is 30.3 Å². The molecule has 5 N–H and O–H groups in total. The highest BCUT2D eigenvalue weighted by Gasteiger charge is 2.42. The topological polar surface area (TPSA) is 110 Å². The Balaban J connectivity index is 2.63. The third-order valence-corrected chi connectivity index (χ3v) is 1.87. The highest BCUT2D eigenvalue weighted by molar-refractivity contribution is 4.87. The maximum Gasteiger partial charge on any atom is 0.184 e. The van der Waals surface area contributed by atoms with Crippen molar-refractivity contribution in [3.05, 3.63) is 0 Å². The predicted molar refractivity (Wildman–Crippen MR) is 36.0 cm³/mol. The molecule has 0 spiro atoms. The van der Waals surface area contributed by atoms with Gasteiger partial charge in [-0.05, 0) is 0 Å². The second-order valence-corrected chi connectivity index (χ2v) is 2.72. The van der Waals surface area contributed by atoms with Crippen molar-refractivity contribution >= 4 is 0 Å². The SMILES string of the molecule is OCC1O[C@@H](O)[C@H](O)[C@@H](O)[C@@H]1O. The van der Waals surface area contributed by atoms with Gasteiger partial charge in [0, 0.05) is 0 Å². The van der Waals surface area contributed by atoms with E-state index in [1.807, 2.05) is 0 Å². The normalized spacial score (nSPS) is 49.2. The average molecular weight is 180 g/mol. The summed E-state index contributed by atoms with van der Waals surface area (Å²) in [5.74, 6) is 0. The lowest BCUT2D eigenvalue weighted by Gasteiger charge is -2.37. The molecule has 1 rings (SSSR count). The molecule has 5 atom stereocenters. The Bertz CT molecular complexity index is 146. The van der Waals surface area contributed by atoms with Crippen LogP contribution in [0.15, 0.2) is 0 Å². The van der Waals surface area contributed by atoms with Crippen LogP contribution in [0.3, 0.4) is 0 Å². The zero-order chi connectivity index (χ0) is 9.30. The highest BCUT2D eigenvalue weighted by Crippen LogP contribution is 2.18. The standard InChI is InChI=1S/C6H12O6/c7-1-2-3(8)4(9)5(10)6(11)12-2/h2-11H,1H2/t2?,3-,4+,5-,6-/m1/s1. The van der Waals surface area contributed by atoms with Gasteiger partial charge in [-0.25, -0.2) is 0 Å². The van der Waals surface area contributed by atoms with Gasteiger partial charge in [0.15, 0.2) is 6.29 Å². The minimum atomic E-state index is -1.57. The smallest absolute Gasteiger partial charge is 0.184 e. The van der Waals surface area contributed by atoms with Gasteiger partial charge in [-0.15, -0.1) is 0 Å². The van der Waals surface area contributed by atoms with Gasteiger partial charge in [-0.3, -0.25) is 0 Å². The third-order valence-electron chi connectivity index (χ3n) is 1.87. The van der Waals surface area contributed by atoms with Crippen LogP contribution in [0.25, 0.3) is 0 Å². The van der Waals surface area contributed by atoms with E-state index in [0.717, 1.165) is 0 Å². The summed E-state index contributed by atoms with van der Waals surface area (Å²) in [7, 11) is 0. The summed E-state index contributed by atoms with van der Waals surface area (Å²) in [5.41, 5.74) is 0. The molecule has 6 heteroatoms. The molecule has 1 heterocycles. The molecule has 1 unspecified atom stereocenters. The van der Waals surface area contributed by atoms with E-state index in [9.17, 15) is 0 Å². The number of hydrogen-bond donors (Lipinski definition) is 5. The van der Waals surface area contributed by atoms with Crippen LogP contribution in [0.2, 0.25) is 0 Å². The molecule has 0 bridgehead atoms. The van der Waals surface area contributed by atoms with E-state index in [-0.39, 0.29) is 0 Å². The van der Waals surface area contributed by atoms with Gasteiger partial charge in [0.1, 0.15) is 24.4 Å². The zero-order valence-electron chi connectivity index (χ0n) is 6.24. The van der Waals surface area contributed by atoms with Gasteiger partial charge in [0.05, 0.1) is 6.61 Å². The van der Waals surface area contributed by atoms with Crippen LogP contribution >= 0.6 is 0 Å². The van der Waals surface area contributed by atoms with Gasteiger partial charge in [-0.1, -0.05) is 0 Å². The summed E-state index contributed by atoms with van der Waals surface area (Å²) in [4.78, 5) is 0. The number of aliphatic hydroxyl groups is 5. The molecular weight excluding hydrogens is 168 g/mol. The van der Waals surface area contributed by atoms with Crippen molar-refractivity contribution in [3.63, 3.8) is 0 Å². The Hall–Kier alpha value is -0.240. The Kier molecular flexibility index (Phi) is 2.99. The quantitative estimate of drug-likeness (QED) is 0.290. The lowest BCUT2D eigenvalue weighted by atomic mass is 10.00. The molecular formula is C6H12O6. The van der Waals surface area contributed by atoms with Crippen LogP contribution in [0, 0.1) is 0 Å². The first-order valence-corrected chi connectivity index (χ1v) is 3.56. The van der Waals surface area contributed by atoms with Crippen LogP contribution in [-0.4, -0.2) is 62.8 Å². The molecule has 0 radical (unpaired) electrons. The number of aliphatic hydroxyl groups excluding tert-OH is 5. The molecule has 0 amide bonds. The Morgan fingerprint density at radius 3 is 2.00 bits per heavy atom. The molecule has 1 aliphatic rings. The van der Waals surface area contributed by atoms with Crippen molar-refractivity contribution in [2.75, 3.05) is 6.61 Å². The Morgan fingerprint density at radius 1 is 0.917 bits per heavy atom. The van der Waals surface area contributed by atoms with E-state index < -0.39 is 37.3 Å². The summed E-state index contributed by atoms with van der Waals surface area (Å²) in [6.45, 7) is -0.526. The summed E-state index contributed by atoms with van der Waals surface area (Å²) < 4.78 is 4.58. The van der Waals surface area contributed by atoms with E-state index in [0.29, 0.717) is 0 Å². The minimum absolute atomic E-state index is 0.526. The van der Waals surface area contributed by atoms with Gasteiger partial charge >= 0.3 is 0 Å². The molecule has 0 aromatic heterocycles. The second kappa shape index (κ2) is 3.65. The second-order valence-electron chi connectivity index (χ2n) is 2.72. The van der Waals surface area contributed by atoms with E-state index >= 15 is 0 Å². The first-order valence-electron chi connectivity index (χ1n) is 3.56. The van der Waals surface area contributed by atoms with Crippen LogP contribution in [-0.2, 0) is 4.74 Å². The fraction of sp³-hybridized carbons (Fsp3) is 1.00. The van der Waals surface area contributed by atoms with E-state index in [1.54, 1.807) is 0 Å². The minimum Gasteiger partial charge on any atom is -0.394 e. The predicted octanol–water partition coefficient (Wildman–Crippen LogP) is -3.22. The molecule has 1 fully saturated rings. The van der Waals surface area contributed by atoms with Crippen LogP contribution in [0.1, 0.15) is 0 Å². The monoisotopic (exact) mass is 180 g/mol. The Labute approximate surface area is 68.6 Å². The van der Waals surface area contributed by atoms with Crippen molar-refractivity contribution in [2.24, 2.45) is 0 Å². The van der Waals surface area contributed by atoms with Gasteiger partial charge in [0.25, 0.3) is 0 Å². The molecule has 0 aromatic carbocycles. The lowest BCUT2D eigenvalue weighted by Crippen LogP contribution is -2.58. The maximum absolute atomic E-state index is 9.12. The van der Waals surface area contributed by atoms with Crippen molar-refractivity contribution in [3.8, 4) is 0 Å². The van der Waals surface area contributed by atoms with E-state index in [1.165, 1.54) is 0 Å². The van der Waals surface area contributed by atoms with Crippen LogP contribution in [0.4, 0.5) is 0 Å². The summed E-state index contributed by atoms with van der Waals surface area (Å²) in [6.07, 6.45) is -7.04. The summed E-state index contributed by atoms with van der Waals surface area (Å²) in [6, 6.07) is 0. The fourth-order valence-electron chi connectivity index (χ4n) is 1.08. The number of rotatable bonds is 1. The first-order chi connectivity index (χ1) is 5.57. The molecule has 1 aliphatic heterocycles. The van der Waals surface area contributed by atoms with Gasteiger partial charge in [0.2, 0.25) is 0 Å². The molecule has 12 heavy (non-hydrogen) atoms. The van der Waals surface area contributed by atoms with Crippen molar-refractivity contribution in [2.45, 2.75) is 30.7 Å². The van der Waals surface area contributed by atoms with E-state index in [2.05, 4.69) is 4.74 Å². The Morgan fingerprint density at radius 2 is 1.50 bits per heavy atom. The molecule has 0 aromatic rings. The average Bonchev–Trinajstić information content (AvgIpc) is 2.08. The summed E-state index contributed by atoms with van der Waals surface area (Å²) in [5, 5.41) is 44.7. The largest absolute Gasteiger partial charge is 0.394 e. The fourth-order valence-corrected chi connectivity index (χ4v) is 1.08. The zero-order valence-corrected chi connectivity index (χ0v) is 6.24. The number of ether oxygens (including phenoxy) is 1. The molecule has 1 saturated heterocycles. The van der Waals surface area contributed by atoms with Gasteiger partial charge in [-0.2, -0.15) is 0 Å². The van der Waals surface area contributed by atoms with Crippen LogP contribution in [0.5, 0.6) is 0 Å². The number of hydrogen-bond acceptors (Lipinski definition) is 6. The van der Waals surface area contributed by atoms with Crippen molar-refractivity contribution in [1.82, 2.24) is 0 Å². The molecule has 72 valence electrons. The van der Waals surface area contributed by atoms with Crippen molar-refractivity contribution in [1.29, 1.82) is 0 Å². The molecule has 6 nitrogen and oxygen atoms in total. The van der Waals surface area contributed by atoms with Gasteiger partial charge < -0.3 is 30.3 Å². The van der Waals surface area contributed by atoms with Crippen LogP contribution < -0.4 is 0 Å². The third kappa shape index (κ3) is 1.58. The molecule has 0 saturated carbocycles.